The fourth-order valence-electron chi connectivity index (χ4n) is 5.64. The maximum absolute atomic E-state index is 11.5. The molecule has 2 fully saturated rings. The highest BCUT2D eigenvalue weighted by Gasteiger charge is 2.63. The van der Waals surface area contributed by atoms with Crippen LogP contribution >= 0.6 is 0 Å². The molecule has 0 saturated heterocycles. The van der Waals surface area contributed by atoms with Crippen LogP contribution < -0.4 is 4.74 Å². The van der Waals surface area contributed by atoms with Crippen molar-refractivity contribution in [2.75, 3.05) is 7.11 Å². The smallest absolute Gasteiger partial charge is 0.119 e. The van der Waals surface area contributed by atoms with Gasteiger partial charge in [-0.15, -0.1) is 0 Å². The van der Waals surface area contributed by atoms with E-state index < -0.39 is 5.60 Å². The summed E-state index contributed by atoms with van der Waals surface area (Å²) in [7, 11) is 1.71. The van der Waals surface area contributed by atoms with Gasteiger partial charge in [-0.2, -0.15) is 0 Å². The Bertz CT molecular complexity index is 598. The van der Waals surface area contributed by atoms with Gasteiger partial charge < -0.3 is 14.9 Å². The van der Waals surface area contributed by atoms with Crippen molar-refractivity contribution in [3.8, 4) is 5.75 Å². The molecule has 5 atom stereocenters. The van der Waals surface area contributed by atoms with Crippen LogP contribution in [0.1, 0.15) is 56.1 Å². The maximum Gasteiger partial charge on any atom is 0.119 e. The Balaban J connectivity index is 1.74. The summed E-state index contributed by atoms with van der Waals surface area (Å²) in [5.74, 6) is 1.63. The molecule has 3 heteroatoms. The van der Waals surface area contributed by atoms with E-state index >= 15 is 0 Å². The minimum atomic E-state index is -0.701. The Morgan fingerprint density at radius 3 is 2.77 bits per heavy atom. The van der Waals surface area contributed by atoms with Gasteiger partial charge in [-0.3, -0.25) is 0 Å². The lowest BCUT2D eigenvalue weighted by Gasteiger charge is -2.55. The minimum Gasteiger partial charge on any atom is -0.497 e. The quantitative estimate of drug-likeness (QED) is 0.838. The molecule has 0 spiro atoms. The van der Waals surface area contributed by atoms with Gasteiger partial charge in [-0.1, -0.05) is 13.0 Å². The van der Waals surface area contributed by atoms with E-state index in [9.17, 15) is 10.2 Å². The van der Waals surface area contributed by atoms with E-state index in [0.29, 0.717) is 5.92 Å². The van der Waals surface area contributed by atoms with Crippen LogP contribution in [-0.4, -0.2) is 29.0 Å². The van der Waals surface area contributed by atoms with Gasteiger partial charge in [0.15, 0.2) is 0 Å². The van der Waals surface area contributed by atoms with Crippen molar-refractivity contribution in [3.05, 3.63) is 29.3 Å². The van der Waals surface area contributed by atoms with Gasteiger partial charge in [0.25, 0.3) is 0 Å². The highest BCUT2D eigenvalue weighted by molar-refractivity contribution is 5.41. The van der Waals surface area contributed by atoms with Crippen LogP contribution in [0, 0.1) is 11.3 Å². The number of hydrogen-bond donors (Lipinski definition) is 2. The monoisotopic (exact) mass is 302 g/mol. The molecule has 2 N–H and O–H groups in total. The SMILES string of the molecule is COc1ccc2c(c1)CC[C@@H]1[C@@H]2CC[C@]2(C)[C@H](O)CC[C@]12O. The first-order valence-electron chi connectivity index (χ1n) is 8.57. The molecular weight excluding hydrogens is 276 g/mol. The van der Waals surface area contributed by atoms with Gasteiger partial charge in [-0.25, -0.2) is 0 Å². The number of hydrogen-bond acceptors (Lipinski definition) is 3. The predicted octanol–water partition coefficient (Wildman–Crippen LogP) is 3.03. The minimum absolute atomic E-state index is 0.282. The van der Waals surface area contributed by atoms with E-state index in [2.05, 4.69) is 19.1 Å². The molecule has 2 saturated carbocycles. The zero-order valence-corrected chi connectivity index (χ0v) is 13.5. The molecule has 0 aromatic heterocycles. The van der Waals surface area contributed by atoms with Crippen LogP contribution in [0.3, 0.4) is 0 Å². The van der Waals surface area contributed by atoms with Crippen LogP contribution in [0.2, 0.25) is 0 Å². The molecule has 22 heavy (non-hydrogen) atoms. The highest BCUT2D eigenvalue weighted by Crippen LogP contribution is 2.63. The molecule has 3 nitrogen and oxygen atoms in total. The lowest BCUT2D eigenvalue weighted by Crippen LogP contribution is -2.57. The third-order valence-electron chi connectivity index (χ3n) is 7.07. The van der Waals surface area contributed by atoms with E-state index in [-0.39, 0.29) is 17.4 Å². The van der Waals surface area contributed by atoms with E-state index in [0.717, 1.165) is 44.3 Å². The number of aliphatic hydroxyl groups excluding tert-OH is 1. The van der Waals surface area contributed by atoms with Gasteiger partial charge in [0.2, 0.25) is 0 Å². The number of aryl methyl sites for hydroxylation is 1. The van der Waals surface area contributed by atoms with Gasteiger partial charge >= 0.3 is 0 Å². The Morgan fingerprint density at radius 2 is 2.00 bits per heavy atom. The second kappa shape index (κ2) is 4.72. The predicted molar refractivity (Wildman–Crippen MR) is 85.1 cm³/mol. The van der Waals surface area contributed by atoms with Crippen LogP contribution in [0.5, 0.6) is 5.75 Å². The topological polar surface area (TPSA) is 49.7 Å². The van der Waals surface area contributed by atoms with Crippen molar-refractivity contribution < 1.29 is 14.9 Å². The summed E-state index contributed by atoms with van der Waals surface area (Å²) in [6.07, 6.45) is 5.14. The summed E-state index contributed by atoms with van der Waals surface area (Å²) in [6.45, 7) is 2.10. The summed E-state index contributed by atoms with van der Waals surface area (Å²) >= 11 is 0. The molecule has 0 unspecified atom stereocenters. The molecule has 0 heterocycles. The van der Waals surface area contributed by atoms with Gasteiger partial charge in [0.1, 0.15) is 5.75 Å². The number of fused-ring (bicyclic) bond motifs is 5. The highest BCUT2D eigenvalue weighted by atomic mass is 16.5. The summed E-state index contributed by atoms with van der Waals surface area (Å²) in [6, 6.07) is 6.40. The van der Waals surface area contributed by atoms with E-state index in [1.54, 1.807) is 7.11 Å². The molecule has 3 aliphatic rings. The molecule has 1 aromatic rings. The summed E-state index contributed by atoms with van der Waals surface area (Å²) < 4.78 is 5.35. The first-order valence-corrected chi connectivity index (χ1v) is 8.57. The Morgan fingerprint density at radius 1 is 1.18 bits per heavy atom. The number of benzene rings is 1. The van der Waals surface area contributed by atoms with Crippen molar-refractivity contribution in [2.45, 2.75) is 63.1 Å². The summed E-state index contributed by atoms with van der Waals surface area (Å²) in [5, 5.41) is 21.9. The van der Waals surface area contributed by atoms with E-state index in [1.807, 2.05) is 6.07 Å². The summed E-state index contributed by atoms with van der Waals surface area (Å²) in [5.41, 5.74) is 1.76. The average Bonchev–Trinajstić information content (AvgIpc) is 2.78. The number of ether oxygens (including phenoxy) is 1. The van der Waals surface area contributed by atoms with Crippen molar-refractivity contribution in [2.24, 2.45) is 11.3 Å². The molecule has 120 valence electrons. The molecule has 1 aromatic carbocycles. The van der Waals surface area contributed by atoms with E-state index in [4.69, 9.17) is 4.74 Å². The van der Waals surface area contributed by atoms with Gasteiger partial charge in [0, 0.05) is 5.41 Å². The fraction of sp³-hybridized carbons (Fsp3) is 0.684. The summed E-state index contributed by atoms with van der Waals surface area (Å²) in [4.78, 5) is 0. The number of methoxy groups -OCH3 is 1. The zero-order valence-electron chi connectivity index (χ0n) is 13.5. The molecule has 0 aliphatic heterocycles. The Hall–Kier alpha value is -1.06. The number of aliphatic hydroxyl groups is 2. The third kappa shape index (κ3) is 1.70. The van der Waals surface area contributed by atoms with Crippen molar-refractivity contribution in [1.29, 1.82) is 0 Å². The van der Waals surface area contributed by atoms with Crippen molar-refractivity contribution in [1.82, 2.24) is 0 Å². The normalized spacial score (nSPS) is 43.2. The van der Waals surface area contributed by atoms with E-state index in [1.165, 1.54) is 11.1 Å². The largest absolute Gasteiger partial charge is 0.497 e. The molecule has 3 aliphatic carbocycles. The first-order chi connectivity index (χ1) is 10.5. The second-order valence-electron chi connectivity index (χ2n) is 7.75. The fourth-order valence-corrected chi connectivity index (χ4v) is 5.64. The van der Waals surface area contributed by atoms with Gasteiger partial charge in [-0.05, 0) is 73.6 Å². The Kier molecular flexibility index (Phi) is 3.11. The zero-order chi connectivity index (χ0) is 15.5. The molecule has 0 amide bonds. The van der Waals surface area contributed by atoms with Crippen LogP contribution in [-0.2, 0) is 6.42 Å². The molecular formula is C19H26O3. The first kappa shape index (κ1) is 14.5. The van der Waals surface area contributed by atoms with Crippen LogP contribution in [0.15, 0.2) is 18.2 Å². The standard InChI is InChI=1S/C19H26O3/c1-18-9-7-15-14-5-4-13(22-2)11-12(14)3-6-16(15)19(18,21)10-8-17(18)20/h4-5,11,15-17,20-21H,3,6-10H2,1-2H3/t15-,16-,17-,18-,19+/m1/s1. The number of rotatable bonds is 1. The van der Waals surface area contributed by atoms with Crippen LogP contribution in [0.4, 0.5) is 0 Å². The molecule has 0 radical (unpaired) electrons. The third-order valence-corrected chi connectivity index (χ3v) is 7.07. The van der Waals surface area contributed by atoms with Crippen molar-refractivity contribution in [3.63, 3.8) is 0 Å². The Labute approximate surface area is 132 Å². The maximum atomic E-state index is 11.5. The lowest BCUT2D eigenvalue weighted by atomic mass is 9.53. The molecule has 0 bridgehead atoms. The molecule has 4 rings (SSSR count). The van der Waals surface area contributed by atoms with Crippen LogP contribution in [0.25, 0.3) is 0 Å². The lowest BCUT2D eigenvalue weighted by molar-refractivity contribution is -0.162. The van der Waals surface area contributed by atoms with Crippen molar-refractivity contribution >= 4 is 0 Å². The van der Waals surface area contributed by atoms with Gasteiger partial charge in [0.05, 0.1) is 18.8 Å². The second-order valence-corrected chi connectivity index (χ2v) is 7.75. The average molecular weight is 302 g/mol.